The molecule has 1 aliphatic rings. The third-order valence-corrected chi connectivity index (χ3v) is 3.22. The number of nitrogens with zero attached hydrogens (tertiary/aromatic N) is 3. The molecule has 0 unspecified atom stereocenters. The van der Waals surface area contributed by atoms with Gasteiger partial charge in [-0.3, -0.25) is 4.90 Å². The Kier molecular flexibility index (Phi) is 3.17. The molecule has 4 nitrogen and oxygen atoms in total. The molecule has 5 heteroatoms. The molecular formula is C9H13IN4. The molecule has 1 aromatic heterocycles. The van der Waals surface area contributed by atoms with Crippen LogP contribution in [0.3, 0.4) is 0 Å². The molecule has 0 saturated carbocycles. The zero-order valence-corrected chi connectivity index (χ0v) is 10.1. The second kappa shape index (κ2) is 4.39. The van der Waals surface area contributed by atoms with Crippen LogP contribution in [0.25, 0.3) is 0 Å². The first-order valence-electron chi connectivity index (χ1n) is 4.75. The van der Waals surface area contributed by atoms with Crippen LogP contribution in [0.1, 0.15) is 18.7 Å². The predicted octanol–water partition coefficient (Wildman–Crippen LogP) is 1.26. The van der Waals surface area contributed by atoms with Crippen molar-refractivity contribution in [3.05, 3.63) is 15.6 Å². The van der Waals surface area contributed by atoms with Crippen molar-refractivity contribution in [1.82, 2.24) is 14.9 Å². The normalized spacial score (nSPS) is 17.5. The van der Waals surface area contributed by atoms with Crippen molar-refractivity contribution in [3.8, 4) is 0 Å². The minimum Gasteiger partial charge on any atom is -0.383 e. The summed E-state index contributed by atoms with van der Waals surface area (Å²) in [5.74, 6) is 1.43. The van der Waals surface area contributed by atoms with E-state index in [-0.39, 0.29) is 0 Å². The molecule has 76 valence electrons. The van der Waals surface area contributed by atoms with E-state index in [1.54, 1.807) is 6.20 Å². The Bertz CT molecular complexity index is 323. The number of nitrogens with two attached hydrogens (primary N) is 1. The molecule has 0 aromatic carbocycles. The van der Waals surface area contributed by atoms with Gasteiger partial charge in [0.05, 0.1) is 10.1 Å². The highest BCUT2D eigenvalue weighted by Crippen LogP contribution is 2.13. The maximum absolute atomic E-state index is 5.72. The van der Waals surface area contributed by atoms with Crippen molar-refractivity contribution in [2.24, 2.45) is 0 Å². The van der Waals surface area contributed by atoms with E-state index >= 15 is 0 Å². The number of halogens is 1. The van der Waals surface area contributed by atoms with Crippen LogP contribution in [-0.4, -0.2) is 28.0 Å². The molecule has 2 heterocycles. The molecule has 0 aliphatic carbocycles. The minimum atomic E-state index is 0.592. The summed E-state index contributed by atoms with van der Waals surface area (Å²) in [6, 6.07) is 0. The number of hydrogen-bond acceptors (Lipinski definition) is 4. The van der Waals surface area contributed by atoms with Crippen molar-refractivity contribution in [2.45, 2.75) is 19.4 Å². The highest BCUT2D eigenvalue weighted by atomic mass is 127. The second-order valence-electron chi connectivity index (χ2n) is 3.50. The van der Waals surface area contributed by atoms with Crippen LogP contribution in [0.2, 0.25) is 0 Å². The van der Waals surface area contributed by atoms with Crippen LogP contribution in [-0.2, 0) is 6.54 Å². The summed E-state index contributed by atoms with van der Waals surface area (Å²) in [5.41, 5.74) is 5.72. The van der Waals surface area contributed by atoms with Gasteiger partial charge in [0.2, 0.25) is 0 Å². The molecule has 1 aliphatic heterocycles. The second-order valence-corrected chi connectivity index (χ2v) is 4.66. The highest BCUT2D eigenvalue weighted by molar-refractivity contribution is 14.1. The average Bonchev–Trinajstić information content (AvgIpc) is 2.64. The fourth-order valence-corrected chi connectivity index (χ4v) is 1.90. The molecule has 0 amide bonds. The number of aromatic nitrogens is 2. The van der Waals surface area contributed by atoms with E-state index in [0.29, 0.717) is 5.82 Å². The Morgan fingerprint density at radius 1 is 1.43 bits per heavy atom. The molecular weight excluding hydrogens is 291 g/mol. The SMILES string of the molecule is Nc1nc(CN2CCCC2)ncc1I. The van der Waals surface area contributed by atoms with Crippen LogP contribution in [0.15, 0.2) is 6.20 Å². The Morgan fingerprint density at radius 2 is 2.14 bits per heavy atom. The van der Waals surface area contributed by atoms with Crippen LogP contribution in [0.5, 0.6) is 0 Å². The third kappa shape index (κ3) is 2.33. The average molecular weight is 304 g/mol. The molecule has 2 rings (SSSR count). The first kappa shape index (κ1) is 10.1. The number of likely N-dealkylation sites (tertiary alicyclic amines) is 1. The zero-order valence-electron chi connectivity index (χ0n) is 7.91. The van der Waals surface area contributed by atoms with E-state index in [1.807, 2.05) is 0 Å². The molecule has 2 N–H and O–H groups in total. The van der Waals surface area contributed by atoms with Gasteiger partial charge in [-0.2, -0.15) is 0 Å². The van der Waals surface area contributed by atoms with E-state index in [1.165, 1.54) is 12.8 Å². The Morgan fingerprint density at radius 3 is 2.79 bits per heavy atom. The van der Waals surface area contributed by atoms with Crippen LogP contribution in [0, 0.1) is 3.57 Å². The van der Waals surface area contributed by atoms with Crippen molar-refractivity contribution in [1.29, 1.82) is 0 Å². The minimum absolute atomic E-state index is 0.592. The van der Waals surface area contributed by atoms with E-state index in [2.05, 4.69) is 37.5 Å². The van der Waals surface area contributed by atoms with Gasteiger partial charge in [0.25, 0.3) is 0 Å². The standard InChI is InChI=1S/C9H13IN4/c10-7-5-12-8(13-9(7)11)6-14-3-1-2-4-14/h5H,1-4,6H2,(H2,11,12,13). The highest BCUT2D eigenvalue weighted by Gasteiger charge is 2.13. The Labute approximate surface area is 97.1 Å². The van der Waals surface area contributed by atoms with Gasteiger partial charge in [-0.05, 0) is 48.5 Å². The van der Waals surface area contributed by atoms with Gasteiger partial charge in [-0.1, -0.05) is 0 Å². The molecule has 14 heavy (non-hydrogen) atoms. The van der Waals surface area contributed by atoms with E-state index in [4.69, 9.17) is 5.73 Å². The summed E-state index contributed by atoms with van der Waals surface area (Å²) in [4.78, 5) is 10.9. The summed E-state index contributed by atoms with van der Waals surface area (Å²) >= 11 is 2.14. The van der Waals surface area contributed by atoms with Crippen molar-refractivity contribution in [2.75, 3.05) is 18.8 Å². The number of hydrogen-bond donors (Lipinski definition) is 1. The molecule has 0 atom stereocenters. The largest absolute Gasteiger partial charge is 0.383 e. The van der Waals surface area contributed by atoms with Gasteiger partial charge in [0.15, 0.2) is 0 Å². The Balaban J connectivity index is 2.05. The summed E-state index contributed by atoms with van der Waals surface area (Å²) < 4.78 is 0.924. The molecule has 1 aromatic rings. The van der Waals surface area contributed by atoms with Gasteiger partial charge in [0, 0.05) is 6.20 Å². The maximum atomic E-state index is 5.72. The van der Waals surface area contributed by atoms with Gasteiger partial charge >= 0.3 is 0 Å². The van der Waals surface area contributed by atoms with Crippen LogP contribution in [0.4, 0.5) is 5.82 Å². The summed E-state index contributed by atoms with van der Waals surface area (Å²) in [7, 11) is 0. The van der Waals surface area contributed by atoms with Crippen molar-refractivity contribution in [3.63, 3.8) is 0 Å². The van der Waals surface area contributed by atoms with Gasteiger partial charge in [-0.15, -0.1) is 0 Å². The fraction of sp³-hybridized carbons (Fsp3) is 0.556. The maximum Gasteiger partial charge on any atom is 0.144 e. The summed E-state index contributed by atoms with van der Waals surface area (Å²) in [6.45, 7) is 3.16. The van der Waals surface area contributed by atoms with Gasteiger partial charge < -0.3 is 5.73 Å². The monoisotopic (exact) mass is 304 g/mol. The molecule has 0 bridgehead atoms. The zero-order chi connectivity index (χ0) is 9.97. The summed E-state index contributed by atoms with van der Waals surface area (Å²) in [6.07, 6.45) is 4.37. The molecule has 1 saturated heterocycles. The van der Waals surface area contributed by atoms with Crippen LogP contribution >= 0.6 is 22.6 Å². The lowest BCUT2D eigenvalue weighted by Crippen LogP contribution is -2.20. The van der Waals surface area contributed by atoms with E-state index < -0.39 is 0 Å². The van der Waals surface area contributed by atoms with Crippen molar-refractivity contribution >= 4 is 28.4 Å². The number of anilines is 1. The first-order chi connectivity index (χ1) is 6.75. The molecule has 1 fully saturated rings. The quantitative estimate of drug-likeness (QED) is 0.836. The number of nitrogen functional groups attached to an aromatic ring is 1. The predicted molar refractivity (Wildman–Crippen MR) is 63.7 cm³/mol. The van der Waals surface area contributed by atoms with Crippen LogP contribution < -0.4 is 5.73 Å². The lowest BCUT2D eigenvalue weighted by Gasteiger charge is -2.13. The van der Waals surface area contributed by atoms with Crippen molar-refractivity contribution < 1.29 is 0 Å². The van der Waals surface area contributed by atoms with Gasteiger partial charge in [0.1, 0.15) is 11.6 Å². The third-order valence-electron chi connectivity index (χ3n) is 2.38. The molecule has 0 spiro atoms. The van der Waals surface area contributed by atoms with E-state index in [9.17, 15) is 0 Å². The lowest BCUT2D eigenvalue weighted by molar-refractivity contribution is 0.322. The lowest BCUT2D eigenvalue weighted by atomic mass is 10.4. The Hall–Kier alpha value is -0.430. The van der Waals surface area contributed by atoms with E-state index in [0.717, 1.165) is 29.0 Å². The summed E-state index contributed by atoms with van der Waals surface area (Å²) in [5, 5.41) is 0. The molecule has 0 radical (unpaired) electrons. The fourth-order valence-electron chi connectivity index (χ4n) is 1.64. The smallest absolute Gasteiger partial charge is 0.144 e. The first-order valence-corrected chi connectivity index (χ1v) is 5.83. The number of rotatable bonds is 2. The van der Waals surface area contributed by atoms with Gasteiger partial charge in [-0.25, -0.2) is 9.97 Å². The topological polar surface area (TPSA) is 55.0 Å².